The number of benzene rings is 1. The van der Waals surface area contributed by atoms with Crippen LogP contribution < -0.4 is 5.73 Å². The molecule has 0 aliphatic carbocycles. The van der Waals surface area contributed by atoms with Crippen molar-refractivity contribution < 1.29 is 23.6 Å². The summed E-state index contributed by atoms with van der Waals surface area (Å²) in [6.45, 7) is 7.21. The molecule has 0 atom stereocenters. The minimum absolute atomic E-state index is 0. The van der Waals surface area contributed by atoms with Gasteiger partial charge in [-0.15, -0.1) is 0 Å². The summed E-state index contributed by atoms with van der Waals surface area (Å²) in [6, 6.07) is 5.18. The number of nitro groups is 1. The number of rotatable bonds is 7. The van der Waals surface area contributed by atoms with Crippen LogP contribution in [0.25, 0.3) is 0 Å². The smallest absolute Gasteiger partial charge is 0.287 e. The largest absolute Gasteiger partial charge is 0.396 e. The lowest BCUT2D eigenvalue weighted by molar-refractivity contribution is -0.387. The highest BCUT2D eigenvalue weighted by atomic mass is 32.2. The minimum Gasteiger partial charge on any atom is -0.396 e. The molecule has 0 unspecified atom stereocenters. The third kappa shape index (κ3) is 18.2. The number of nitrogens with two attached hydrogens (primary N) is 1. The number of para-hydroxylation sites is 1. The molecule has 0 radical (unpaired) electrons. The van der Waals surface area contributed by atoms with Crippen LogP contribution in [0, 0.1) is 10.1 Å². The van der Waals surface area contributed by atoms with E-state index < -0.39 is 20.4 Å². The summed E-state index contributed by atoms with van der Waals surface area (Å²) in [4.78, 5) is 11.9. The van der Waals surface area contributed by atoms with Crippen molar-refractivity contribution in [2.75, 3.05) is 45.6 Å². The second kappa shape index (κ2) is 19.7. The highest BCUT2D eigenvalue weighted by molar-refractivity contribution is 7.91. The number of hydrogen-bond donors (Lipinski definition) is 3. The molecule has 1 aliphatic rings. The zero-order valence-corrected chi connectivity index (χ0v) is 17.9. The molecule has 0 spiro atoms. The molecule has 1 aliphatic heterocycles. The monoisotopic (exact) mass is 437 g/mol. The maximum atomic E-state index is 11.7. The lowest BCUT2D eigenvalue weighted by Crippen LogP contribution is -2.10. The lowest BCUT2D eigenvalue weighted by Gasteiger charge is -2.03. The Morgan fingerprint density at radius 1 is 1.14 bits per heavy atom. The molecule has 0 aromatic heterocycles. The Kier molecular flexibility index (Phi) is 21.8. The molecule has 4 N–H and O–H groups in total. The summed E-state index contributed by atoms with van der Waals surface area (Å²) in [5.74, 6) is -0.297. The molecule has 172 valence electrons. The van der Waals surface area contributed by atoms with Crippen molar-refractivity contribution in [2.45, 2.75) is 45.4 Å². The summed E-state index contributed by atoms with van der Waals surface area (Å²) >= 11 is 0. The normalized spacial score (nSPS) is 11.9. The zero-order valence-electron chi connectivity index (χ0n) is 17.1. The third-order valence-corrected chi connectivity index (χ3v) is 5.11. The van der Waals surface area contributed by atoms with Gasteiger partial charge in [0.05, 0.1) is 17.3 Å². The second-order valence-corrected chi connectivity index (χ2v) is 8.01. The van der Waals surface area contributed by atoms with Crippen molar-refractivity contribution in [1.29, 1.82) is 0 Å². The molecule has 9 nitrogen and oxygen atoms in total. The van der Waals surface area contributed by atoms with Crippen molar-refractivity contribution in [2.24, 2.45) is 5.73 Å². The Labute approximate surface area is 175 Å². The number of aliphatic hydroxyl groups is 2. The van der Waals surface area contributed by atoms with E-state index in [-0.39, 0.29) is 37.7 Å². The molecule has 1 heterocycles. The number of nitrogens with zero attached hydrogens (tertiary/aromatic N) is 2. The van der Waals surface area contributed by atoms with Crippen LogP contribution >= 0.6 is 0 Å². The van der Waals surface area contributed by atoms with Crippen LogP contribution in [-0.2, 0) is 9.84 Å². The van der Waals surface area contributed by atoms with E-state index in [1.807, 2.05) is 0 Å². The van der Waals surface area contributed by atoms with E-state index in [9.17, 15) is 18.5 Å². The van der Waals surface area contributed by atoms with Gasteiger partial charge in [-0.25, -0.2) is 8.42 Å². The first kappa shape index (κ1) is 32.1. The van der Waals surface area contributed by atoms with E-state index in [0.717, 1.165) is 6.07 Å². The highest BCUT2D eigenvalue weighted by Gasteiger charge is 2.24. The van der Waals surface area contributed by atoms with Gasteiger partial charge in [-0.3, -0.25) is 10.1 Å². The first-order chi connectivity index (χ1) is 13.2. The molecule has 0 bridgehead atoms. The van der Waals surface area contributed by atoms with E-state index in [1.54, 1.807) is 0 Å². The number of likely N-dealkylation sites (N-methyl/N-ethyl adjacent to an activating group) is 1. The maximum absolute atomic E-state index is 11.7. The number of hydrogen-bond acceptors (Lipinski definition) is 8. The van der Waals surface area contributed by atoms with Crippen LogP contribution in [0.3, 0.4) is 0 Å². The van der Waals surface area contributed by atoms with Gasteiger partial charge < -0.3 is 20.8 Å². The molecule has 10 heteroatoms. The Morgan fingerprint density at radius 3 is 1.90 bits per heavy atom. The van der Waals surface area contributed by atoms with Crippen LogP contribution in [0.15, 0.2) is 29.2 Å². The van der Waals surface area contributed by atoms with Crippen LogP contribution in [0.1, 0.15) is 40.5 Å². The van der Waals surface area contributed by atoms with Crippen molar-refractivity contribution in [1.82, 2.24) is 4.90 Å². The molecule has 1 saturated heterocycles. The molecule has 1 aromatic rings. The molecule has 2 rings (SSSR count). The van der Waals surface area contributed by atoms with Gasteiger partial charge in [-0.1, -0.05) is 46.2 Å². The Morgan fingerprint density at radius 2 is 1.59 bits per heavy atom. The molecular formula is C19H39N3O6S. The maximum Gasteiger partial charge on any atom is 0.287 e. The molecule has 29 heavy (non-hydrogen) atoms. The van der Waals surface area contributed by atoms with Gasteiger partial charge in [0, 0.05) is 32.3 Å². The van der Waals surface area contributed by atoms with Crippen molar-refractivity contribution in [3.8, 4) is 0 Å². The SMILES string of the molecule is C.CCCC.CN1CC1.NCCO.O=[N+]([O-])c1ccccc1S(=O)(=O)CCCO. The average Bonchev–Trinajstić information content (AvgIpc) is 3.49. The molecular weight excluding hydrogens is 398 g/mol. The Balaban J connectivity index is -0.000000424. The summed E-state index contributed by atoms with van der Waals surface area (Å²) < 4.78 is 23.4. The van der Waals surface area contributed by atoms with E-state index in [1.165, 1.54) is 44.1 Å². The van der Waals surface area contributed by atoms with Crippen LogP contribution in [-0.4, -0.2) is 74.1 Å². The topological polar surface area (TPSA) is 147 Å². The fraction of sp³-hybridized carbons (Fsp3) is 0.684. The quantitative estimate of drug-likeness (QED) is 0.334. The van der Waals surface area contributed by atoms with E-state index >= 15 is 0 Å². The van der Waals surface area contributed by atoms with Gasteiger partial charge in [0.15, 0.2) is 9.84 Å². The third-order valence-electron chi connectivity index (χ3n) is 3.27. The van der Waals surface area contributed by atoms with Crippen LogP contribution in [0.2, 0.25) is 0 Å². The summed E-state index contributed by atoms with van der Waals surface area (Å²) in [6.07, 6.45) is 2.70. The first-order valence-electron chi connectivity index (χ1n) is 9.28. The average molecular weight is 438 g/mol. The number of aliphatic hydroxyl groups excluding tert-OH is 2. The molecule has 0 saturated carbocycles. The van der Waals surface area contributed by atoms with Gasteiger partial charge >= 0.3 is 0 Å². The van der Waals surface area contributed by atoms with Gasteiger partial charge in [-0.2, -0.15) is 0 Å². The molecule has 1 fully saturated rings. The van der Waals surface area contributed by atoms with Gasteiger partial charge in [0.1, 0.15) is 4.90 Å². The fourth-order valence-corrected chi connectivity index (χ4v) is 2.81. The van der Waals surface area contributed by atoms with E-state index in [4.69, 9.17) is 15.9 Å². The standard InChI is InChI=1S/C9H11NO5S.C4H10.C3H7N.C2H7NO.CH4/c11-6-3-7-16(14,15)9-5-2-1-4-8(9)10(12)13;1-3-4-2;1-4-2-3-4;3-1-2-4;/h1-2,4-5,11H,3,6-7H2;3-4H2,1-2H3;2-3H2,1H3;4H,1-3H2;1H4. The fourth-order valence-electron chi connectivity index (χ4n) is 1.34. The van der Waals surface area contributed by atoms with Crippen LogP contribution in [0.5, 0.6) is 0 Å². The molecule has 0 amide bonds. The number of unbranched alkanes of at least 4 members (excludes halogenated alkanes) is 1. The molecule has 1 aromatic carbocycles. The first-order valence-corrected chi connectivity index (χ1v) is 10.9. The zero-order chi connectivity index (χ0) is 22.0. The highest BCUT2D eigenvalue weighted by Crippen LogP contribution is 2.24. The predicted octanol–water partition coefficient (Wildman–Crippen LogP) is 2.06. The summed E-state index contributed by atoms with van der Waals surface area (Å²) in [5, 5.41) is 26.9. The van der Waals surface area contributed by atoms with E-state index in [2.05, 4.69) is 25.8 Å². The van der Waals surface area contributed by atoms with Crippen molar-refractivity contribution >= 4 is 15.5 Å². The lowest BCUT2D eigenvalue weighted by atomic mass is 10.3. The van der Waals surface area contributed by atoms with Gasteiger partial charge in [0.2, 0.25) is 0 Å². The van der Waals surface area contributed by atoms with Crippen molar-refractivity contribution in [3.05, 3.63) is 34.4 Å². The van der Waals surface area contributed by atoms with Gasteiger partial charge in [-0.05, 0) is 19.5 Å². The number of sulfone groups is 1. The summed E-state index contributed by atoms with van der Waals surface area (Å²) in [7, 11) is -1.59. The second-order valence-electron chi connectivity index (χ2n) is 5.94. The summed E-state index contributed by atoms with van der Waals surface area (Å²) in [5.41, 5.74) is 4.35. The Bertz CT molecular complexity index is 614. The van der Waals surface area contributed by atoms with Crippen LogP contribution in [0.4, 0.5) is 5.69 Å². The van der Waals surface area contributed by atoms with E-state index in [0.29, 0.717) is 6.54 Å². The predicted molar refractivity (Wildman–Crippen MR) is 118 cm³/mol. The van der Waals surface area contributed by atoms with Crippen molar-refractivity contribution in [3.63, 3.8) is 0 Å². The van der Waals surface area contributed by atoms with Gasteiger partial charge in [0.25, 0.3) is 5.69 Å². The number of nitro benzene ring substituents is 1. The minimum atomic E-state index is -3.70. The Hall–Kier alpha value is -1.59.